The van der Waals surface area contributed by atoms with Crippen molar-refractivity contribution in [1.82, 2.24) is 9.55 Å². The van der Waals surface area contributed by atoms with Crippen LogP contribution in [0.25, 0.3) is 0 Å². The lowest BCUT2D eigenvalue weighted by atomic mass is 9.95. The predicted molar refractivity (Wildman–Crippen MR) is 57.9 cm³/mol. The van der Waals surface area contributed by atoms with Crippen LogP contribution < -0.4 is 17.0 Å². The molecule has 0 unspecified atom stereocenters. The van der Waals surface area contributed by atoms with E-state index < -0.39 is 5.56 Å². The quantitative estimate of drug-likeness (QED) is 0.711. The standard InChI is InChI=1S/C10H15N3O2/c11-8-6-9(14)12-10(15)13(8)7-4-2-1-3-5-7/h6-7H,1-5,11H2,(H,12,14,15). The Hall–Kier alpha value is -1.52. The van der Waals surface area contributed by atoms with Gasteiger partial charge >= 0.3 is 5.69 Å². The lowest BCUT2D eigenvalue weighted by Crippen LogP contribution is -2.34. The van der Waals surface area contributed by atoms with E-state index in [0.29, 0.717) is 0 Å². The summed E-state index contributed by atoms with van der Waals surface area (Å²) in [6.45, 7) is 0. The molecule has 82 valence electrons. The van der Waals surface area contributed by atoms with Crippen molar-refractivity contribution in [2.45, 2.75) is 38.1 Å². The maximum atomic E-state index is 11.6. The molecule has 5 nitrogen and oxygen atoms in total. The number of nitrogens with two attached hydrogens (primary N) is 1. The number of aromatic amines is 1. The summed E-state index contributed by atoms with van der Waals surface area (Å²) >= 11 is 0. The fourth-order valence-electron chi connectivity index (χ4n) is 2.24. The van der Waals surface area contributed by atoms with Crippen molar-refractivity contribution in [2.75, 3.05) is 5.73 Å². The lowest BCUT2D eigenvalue weighted by Gasteiger charge is -2.24. The highest BCUT2D eigenvalue weighted by molar-refractivity contribution is 5.27. The summed E-state index contributed by atoms with van der Waals surface area (Å²) in [6.07, 6.45) is 5.39. The van der Waals surface area contributed by atoms with Gasteiger partial charge in [-0.25, -0.2) is 4.79 Å². The fourth-order valence-corrected chi connectivity index (χ4v) is 2.24. The number of hydrogen-bond acceptors (Lipinski definition) is 3. The molecule has 0 bridgehead atoms. The van der Waals surface area contributed by atoms with Crippen LogP contribution >= 0.6 is 0 Å². The molecule has 2 rings (SSSR count). The first-order valence-corrected chi connectivity index (χ1v) is 5.30. The Kier molecular flexibility index (Phi) is 2.62. The molecule has 0 aliphatic heterocycles. The van der Waals surface area contributed by atoms with E-state index in [1.165, 1.54) is 17.1 Å². The highest BCUT2D eigenvalue weighted by Crippen LogP contribution is 2.27. The molecule has 3 N–H and O–H groups in total. The number of aromatic nitrogens is 2. The molecule has 1 heterocycles. The minimum Gasteiger partial charge on any atom is -0.385 e. The lowest BCUT2D eigenvalue weighted by molar-refractivity contribution is 0.346. The molecular weight excluding hydrogens is 194 g/mol. The summed E-state index contributed by atoms with van der Waals surface area (Å²) < 4.78 is 1.51. The zero-order chi connectivity index (χ0) is 10.8. The smallest absolute Gasteiger partial charge is 0.330 e. The zero-order valence-corrected chi connectivity index (χ0v) is 8.53. The summed E-state index contributed by atoms with van der Waals surface area (Å²) in [6, 6.07) is 1.43. The molecule has 5 heteroatoms. The molecule has 1 aliphatic carbocycles. The molecule has 15 heavy (non-hydrogen) atoms. The maximum absolute atomic E-state index is 11.6. The van der Waals surface area contributed by atoms with E-state index in [0.717, 1.165) is 25.7 Å². The predicted octanol–water partition coefficient (Wildman–Crippen LogP) is 0.624. The summed E-state index contributed by atoms with van der Waals surface area (Å²) in [7, 11) is 0. The van der Waals surface area contributed by atoms with Gasteiger partial charge in [0.1, 0.15) is 5.82 Å². The Morgan fingerprint density at radius 1 is 1.27 bits per heavy atom. The van der Waals surface area contributed by atoms with E-state index in [2.05, 4.69) is 4.98 Å². The summed E-state index contributed by atoms with van der Waals surface area (Å²) in [5.74, 6) is 0.274. The van der Waals surface area contributed by atoms with E-state index in [4.69, 9.17) is 5.73 Å². The van der Waals surface area contributed by atoms with Gasteiger partial charge in [-0.15, -0.1) is 0 Å². The van der Waals surface area contributed by atoms with Crippen LogP contribution in [0.2, 0.25) is 0 Å². The van der Waals surface area contributed by atoms with E-state index in [9.17, 15) is 9.59 Å². The van der Waals surface area contributed by atoms with E-state index in [1.54, 1.807) is 0 Å². The molecule has 0 amide bonds. The van der Waals surface area contributed by atoms with Gasteiger partial charge in [0.15, 0.2) is 0 Å². The van der Waals surface area contributed by atoms with E-state index in [1.807, 2.05) is 0 Å². The number of nitrogens with one attached hydrogen (secondary N) is 1. The van der Waals surface area contributed by atoms with Crippen molar-refractivity contribution in [3.05, 3.63) is 26.9 Å². The largest absolute Gasteiger partial charge is 0.385 e. The molecule has 0 saturated heterocycles. The Balaban J connectivity index is 2.42. The van der Waals surface area contributed by atoms with Gasteiger partial charge in [0.2, 0.25) is 0 Å². The van der Waals surface area contributed by atoms with Gasteiger partial charge in [0.05, 0.1) is 0 Å². The molecule has 0 atom stereocenters. The average molecular weight is 209 g/mol. The third-order valence-electron chi connectivity index (χ3n) is 2.95. The summed E-state index contributed by atoms with van der Waals surface area (Å²) in [4.78, 5) is 24.8. The highest BCUT2D eigenvalue weighted by atomic mass is 16.2. The van der Waals surface area contributed by atoms with Crippen molar-refractivity contribution in [1.29, 1.82) is 0 Å². The monoisotopic (exact) mass is 209 g/mol. The molecule has 1 aromatic heterocycles. The fraction of sp³-hybridized carbons (Fsp3) is 0.600. The average Bonchev–Trinajstić information content (AvgIpc) is 2.17. The van der Waals surface area contributed by atoms with Crippen LogP contribution in [-0.2, 0) is 0 Å². The minimum atomic E-state index is -0.426. The number of anilines is 1. The van der Waals surface area contributed by atoms with Gasteiger partial charge in [0.25, 0.3) is 5.56 Å². The topological polar surface area (TPSA) is 80.9 Å². The van der Waals surface area contributed by atoms with Crippen LogP contribution in [0.3, 0.4) is 0 Å². The van der Waals surface area contributed by atoms with Gasteiger partial charge in [-0.3, -0.25) is 14.3 Å². The summed E-state index contributed by atoms with van der Waals surface area (Å²) in [5, 5.41) is 0. The Morgan fingerprint density at radius 2 is 1.93 bits per heavy atom. The molecular formula is C10H15N3O2. The van der Waals surface area contributed by atoms with Gasteiger partial charge in [-0.05, 0) is 12.8 Å². The van der Waals surface area contributed by atoms with Crippen LogP contribution in [0.15, 0.2) is 15.7 Å². The van der Waals surface area contributed by atoms with Gasteiger partial charge in [0, 0.05) is 12.1 Å². The second-order valence-corrected chi connectivity index (χ2v) is 4.03. The highest BCUT2D eigenvalue weighted by Gasteiger charge is 2.18. The van der Waals surface area contributed by atoms with Crippen LogP contribution in [-0.4, -0.2) is 9.55 Å². The maximum Gasteiger partial charge on any atom is 0.330 e. The first-order chi connectivity index (χ1) is 7.18. The van der Waals surface area contributed by atoms with Crippen molar-refractivity contribution in [2.24, 2.45) is 0 Å². The van der Waals surface area contributed by atoms with Gasteiger partial charge in [-0.1, -0.05) is 19.3 Å². The molecule has 0 aromatic carbocycles. The van der Waals surface area contributed by atoms with Crippen molar-refractivity contribution in [3.63, 3.8) is 0 Å². The number of nitrogen functional groups attached to an aromatic ring is 1. The first kappa shape index (κ1) is 10.0. The summed E-state index contributed by atoms with van der Waals surface area (Å²) in [5.41, 5.74) is 4.89. The molecule has 1 saturated carbocycles. The molecule has 1 aromatic rings. The first-order valence-electron chi connectivity index (χ1n) is 5.30. The Bertz CT molecular complexity index is 454. The Labute approximate surface area is 86.9 Å². The minimum absolute atomic E-state index is 0.156. The van der Waals surface area contributed by atoms with Crippen molar-refractivity contribution in [3.8, 4) is 0 Å². The third-order valence-corrected chi connectivity index (χ3v) is 2.95. The van der Waals surface area contributed by atoms with Crippen LogP contribution in [0.4, 0.5) is 5.82 Å². The number of hydrogen-bond donors (Lipinski definition) is 2. The normalized spacial score (nSPS) is 17.9. The van der Waals surface area contributed by atoms with Crippen molar-refractivity contribution < 1.29 is 0 Å². The molecule has 1 aliphatic rings. The van der Waals surface area contributed by atoms with Crippen LogP contribution in [0.1, 0.15) is 38.1 Å². The molecule has 0 spiro atoms. The number of nitrogens with zero attached hydrogens (tertiary/aromatic N) is 1. The third kappa shape index (κ3) is 1.95. The van der Waals surface area contributed by atoms with Crippen molar-refractivity contribution >= 4 is 5.82 Å². The van der Waals surface area contributed by atoms with Gasteiger partial charge < -0.3 is 5.73 Å². The van der Waals surface area contributed by atoms with Crippen LogP contribution in [0, 0.1) is 0 Å². The van der Waals surface area contributed by atoms with E-state index >= 15 is 0 Å². The van der Waals surface area contributed by atoms with Gasteiger partial charge in [-0.2, -0.15) is 0 Å². The molecule has 1 fully saturated rings. The van der Waals surface area contributed by atoms with E-state index in [-0.39, 0.29) is 17.5 Å². The van der Waals surface area contributed by atoms with Crippen LogP contribution in [0.5, 0.6) is 0 Å². The number of H-pyrrole nitrogens is 1. The Morgan fingerprint density at radius 3 is 2.53 bits per heavy atom. The second-order valence-electron chi connectivity index (χ2n) is 4.03. The molecule has 0 radical (unpaired) electrons. The SMILES string of the molecule is Nc1cc(=O)[nH]c(=O)n1C1CCCCC1. The number of rotatable bonds is 1. The second kappa shape index (κ2) is 3.92. The zero-order valence-electron chi connectivity index (χ0n) is 8.53.